The van der Waals surface area contributed by atoms with Crippen LogP contribution in [0.4, 0.5) is 8.78 Å². The lowest BCUT2D eigenvalue weighted by molar-refractivity contribution is 0.0686. The van der Waals surface area contributed by atoms with Gasteiger partial charge in [-0.3, -0.25) is 4.98 Å². The predicted octanol–water partition coefficient (Wildman–Crippen LogP) is 2.62. The van der Waals surface area contributed by atoms with Crippen LogP contribution in [0.3, 0.4) is 0 Å². The summed E-state index contributed by atoms with van der Waals surface area (Å²) in [5.41, 5.74) is -0.668. The van der Waals surface area contributed by atoms with Gasteiger partial charge < -0.3 is 10.1 Å². The molecule has 4 nitrogen and oxygen atoms in total. The zero-order valence-electron chi connectivity index (χ0n) is 7.78. The highest BCUT2D eigenvalue weighted by Gasteiger charge is 2.23. The smallest absolute Gasteiger partial charge is 0.338 e. The van der Waals surface area contributed by atoms with Crippen molar-refractivity contribution in [2.75, 3.05) is 0 Å². The van der Waals surface area contributed by atoms with Crippen molar-refractivity contribution in [3.63, 3.8) is 0 Å². The summed E-state index contributed by atoms with van der Waals surface area (Å²) >= 11 is 0. The van der Waals surface area contributed by atoms with E-state index >= 15 is 0 Å². The van der Waals surface area contributed by atoms with E-state index in [-0.39, 0.29) is 23.4 Å². The second kappa shape index (κ2) is 4.44. The van der Waals surface area contributed by atoms with Gasteiger partial charge in [0.25, 0.3) is 6.43 Å². The van der Waals surface area contributed by atoms with Crippen LogP contribution < -0.4 is 0 Å². The van der Waals surface area contributed by atoms with Gasteiger partial charge in [-0.15, -0.1) is 12.4 Å². The van der Waals surface area contributed by atoms with Crippen molar-refractivity contribution in [1.82, 2.24) is 9.97 Å². The van der Waals surface area contributed by atoms with Gasteiger partial charge in [0.2, 0.25) is 0 Å². The molecule has 0 aliphatic rings. The molecule has 0 amide bonds. The zero-order chi connectivity index (χ0) is 11.0. The average Bonchev–Trinajstić information content (AvgIpc) is 2.56. The number of hydrogen-bond acceptors (Lipinski definition) is 2. The molecule has 0 spiro atoms. The number of nitrogens with one attached hydrogen (secondary N) is 1. The van der Waals surface area contributed by atoms with Crippen LogP contribution in [0.5, 0.6) is 0 Å². The maximum absolute atomic E-state index is 12.5. The first-order valence-electron chi connectivity index (χ1n) is 4.08. The van der Waals surface area contributed by atoms with E-state index in [1.165, 1.54) is 18.5 Å². The number of H-pyrrole nitrogens is 1. The molecule has 16 heavy (non-hydrogen) atoms. The molecule has 2 rings (SSSR count). The number of fused-ring (bicyclic) bond motifs is 1. The molecular formula is C9H7ClF2N2O2. The highest BCUT2D eigenvalue weighted by atomic mass is 35.5. The van der Waals surface area contributed by atoms with Crippen molar-refractivity contribution in [3.8, 4) is 0 Å². The number of alkyl halides is 2. The third kappa shape index (κ3) is 1.83. The minimum Gasteiger partial charge on any atom is -0.478 e. The number of hydrogen-bond donors (Lipinski definition) is 2. The number of halogens is 3. The Balaban J connectivity index is 0.00000128. The molecule has 0 radical (unpaired) electrons. The lowest BCUT2D eigenvalue weighted by Gasteiger charge is -1.97. The third-order valence-corrected chi connectivity index (χ3v) is 2.06. The van der Waals surface area contributed by atoms with E-state index in [9.17, 15) is 13.6 Å². The van der Waals surface area contributed by atoms with E-state index in [4.69, 9.17) is 5.11 Å². The van der Waals surface area contributed by atoms with Crippen LogP contribution in [0.25, 0.3) is 10.9 Å². The molecule has 0 unspecified atom stereocenters. The topological polar surface area (TPSA) is 66.0 Å². The van der Waals surface area contributed by atoms with Crippen LogP contribution in [-0.2, 0) is 0 Å². The lowest BCUT2D eigenvalue weighted by atomic mass is 10.1. The van der Waals surface area contributed by atoms with Gasteiger partial charge in [-0.1, -0.05) is 0 Å². The van der Waals surface area contributed by atoms with Crippen molar-refractivity contribution in [2.45, 2.75) is 6.43 Å². The Labute approximate surface area is 94.7 Å². The fourth-order valence-electron chi connectivity index (χ4n) is 1.46. The highest BCUT2D eigenvalue weighted by Crippen LogP contribution is 2.28. The summed E-state index contributed by atoms with van der Waals surface area (Å²) in [4.78, 5) is 16.9. The number of rotatable bonds is 2. The van der Waals surface area contributed by atoms with Gasteiger partial charge in [0.15, 0.2) is 0 Å². The Bertz CT molecular complexity index is 527. The number of aromatic carboxylic acids is 1. The third-order valence-electron chi connectivity index (χ3n) is 2.06. The second-order valence-electron chi connectivity index (χ2n) is 2.94. The molecule has 0 fully saturated rings. The Morgan fingerprint density at radius 3 is 2.75 bits per heavy atom. The van der Waals surface area contributed by atoms with Crippen LogP contribution in [-0.4, -0.2) is 21.0 Å². The molecule has 0 aliphatic carbocycles. The van der Waals surface area contributed by atoms with Gasteiger partial charge in [-0.25, -0.2) is 13.6 Å². The summed E-state index contributed by atoms with van der Waals surface area (Å²) < 4.78 is 25.0. The molecule has 0 aromatic carbocycles. The molecule has 0 aliphatic heterocycles. The van der Waals surface area contributed by atoms with E-state index in [0.29, 0.717) is 5.52 Å². The van der Waals surface area contributed by atoms with E-state index in [1.54, 1.807) is 0 Å². The van der Waals surface area contributed by atoms with Crippen molar-refractivity contribution < 1.29 is 18.7 Å². The molecule has 0 atom stereocenters. The van der Waals surface area contributed by atoms with Crippen molar-refractivity contribution in [3.05, 3.63) is 29.7 Å². The summed E-state index contributed by atoms with van der Waals surface area (Å²) in [6.07, 6.45) is -0.172. The summed E-state index contributed by atoms with van der Waals surface area (Å²) in [5, 5.41) is 9.07. The predicted molar refractivity (Wildman–Crippen MR) is 55.3 cm³/mol. The molecule has 0 saturated carbocycles. The monoisotopic (exact) mass is 248 g/mol. The van der Waals surface area contributed by atoms with E-state index in [1.807, 2.05) is 0 Å². The number of aromatic amines is 1. The summed E-state index contributed by atoms with van der Waals surface area (Å²) in [7, 11) is 0. The number of carbonyl (C=O) groups is 1. The first kappa shape index (κ1) is 12.4. The number of carboxylic acid groups (broad SMARTS) is 1. The Morgan fingerprint density at radius 1 is 1.50 bits per heavy atom. The summed E-state index contributed by atoms with van der Waals surface area (Å²) in [6.45, 7) is 0. The molecule has 0 bridgehead atoms. The standard InChI is InChI=1S/C9H6F2N2O2.ClH/c10-8(11)7-6(9(14)15)4-1-2-12-3-5(4)13-7;/h1-3,8,13H,(H,14,15);1H. The Kier molecular flexibility index (Phi) is 3.44. The van der Waals surface area contributed by atoms with E-state index in [0.717, 1.165) is 0 Å². The van der Waals surface area contributed by atoms with Gasteiger partial charge in [-0.05, 0) is 6.07 Å². The normalized spacial score (nSPS) is 10.4. The second-order valence-corrected chi connectivity index (χ2v) is 2.94. The van der Waals surface area contributed by atoms with Gasteiger partial charge in [-0.2, -0.15) is 0 Å². The molecule has 2 N–H and O–H groups in total. The number of aromatic nitrogens is 2. The molecular weight excluding hydrogens is 242 g/mol. The first-order chi connectivity index (χ1) is 7.11. The average molecular weight is 249 g/mol. The van der Waals surface area contributed by atoms with Crippen LogP contribution >= 0.6 is 12.4 Å². The minimum absolute atomic E-state index is 0. The highest BCUT2D eigenvalue weighted by molar-refractivity contribution is 6.04. The van der Waals surface area contributed by atoms with Crippen LogP contribution in [0.1, 0.15) is 22.5 Å². The maximum atomic E-state index is 12.5. The minimum atomic E-state index is -2.84. The van der Waals surface area contributed by atoms with Gasteiger partial charge in [0.05, 0.1) is 23.0 Å². The fraction of sp³-hybridized carbons (Fsp3) is 0.111. The van der Waals surface area contributed by atoms with E-state index < -0.39 is 18.1 Å². The molecule has 7 heteroatoms. The van der Waals surface area contributed by atoms with Crippen molar-refractivity contribution in [2.24, 2.45) is 0 Å². The Hall–Kier alpha value is -1.69. The molecule has 2 aromatic rings. The molecule has 2 heterocycles. The number of nitrogens with zero attached hydrogens (tertiary/aromatic N) is 1. The maximum Gasteiger partial charge on any atom is 0.338 e. The van der Waals surface area contributed by atoms with Crippen LogP contribution in [0.2, 0.25) is 0 Å². The fourth-order valence-corrected chi connectivity index (χ4v) is 1.46. The van der Waals surface area contributed by atoms with Crippen LogP contribution in [0.15, 0.2) is 18.5 Å². The first-order valence-corrected chi connectivity index (χ1v) is 4.08. The molecule has 86 valence electrons. The van der Waals surface area contributed by atoms with Crippen molar-refractivity contribution in [1.29, 1.82) is 0 Å². The van der Waals surface area contributed by atoms with Gasteiger partial charge in [0.1, 0.15) is 0 Å². The number of pyridine rings is 1. The van der Waals surface area contributed by atoms with Crippen LogP contribution in [0, 0.1) is 0 Å². The number of carboxylic acids is 1. The van der Waals surface area contributed by atoms with Gasteiger partial charge in [0, 0.05) is 11.6 Å². The summed E-state index contributed by atoms with van der Waals surface area (Å²) in [6, 6.07) is 1.39. The Morgan fingerprint density at radius 2 is 2.19 bits per heavy atom. The lowest BCUT2D eigenvalue weighted by Crippen LogP contribution is -2.00. The SMILES string of the molecule is Cl.O=C(O)c1c(C(F)F)[nH]c2cnccc12. The summed E-state index contributed by atoms with van der Waals surface area (Å²) in [5.74, 6) is -1.37. The molecule has 2 aromatic heterocycles. The largest absolute Gasteiger partial charge is 0.478 e. The zero-order valence-corrected chi connectivity index (χ0v) is 8.59. The quantitative estimate of drug-likeness (QED) is 0.859. The van der Waals surface area contributed by atoms with Crippen molar-refractivity contribution >= 4 is 29.3 Å². The van der Waals surface area contributed by atoms with E-state index in [2.05, 4.69) is 9.97 Å². The molecule has 0 saturated heterocycles. The van der Waals surface area contributed by atoms with Gasteiger partial charge >= 0.3 is 5.97 Å².